The summed E-state index contributed by atoms with van der Waals surface area (Å²) in [6.07, 6.45) is 0. The molecule has 0 radical (unpaired) electrons. The van der Waals surface area contributed by atoms with Crippen LogP contribution in [0.1, 0.15) is 5.56 Å². The van der Waals surface area contributed by atoms with Crippen molar-refractivity contribution in [2.24, 2.45) is 0 Å². The van der Waals surface area contributed by atoms with Crippen molar-refractivity contribution in [2.45, 2.75) is 6.92 Å². The van der Waals surface area contributed by atoms with Crippen LogP contribution < -0.4 is 5.73 Å². The van der Waals surface area contributed by atoms with Gasteiger partial charge in [-0.15, -0.1) is 0 Å². The lowest BCUT2D eigenvalue weighted by Crippen LogP contribution is -1.84. The first-order valence-electron chi connectivity index (χ1n) is 4.16. The molecule has 0 aliphatic carbocycles. The van der Waals surface area contributed by atoms with Crippen molar-refractivity contribution in [3.8, 4) is 5.75 Å². The summed E-state index contributed by atoms with van der Waals surface area (Å²) in [7, 11) is 0. The van der Waals surface area contributed by atoms with E-state index < -0.39 is 0 Å². The topological polar surface area (TPSA) is 46.2 Å². The first-order valence-corrected chi connectivity index (χ1v) is 4.16. The fourth-order valence-electron chi connectivity index (χ4n) is 1.42. The number of hydrogen-bond donors (Lipinski definition) is 2. The lowest BCUT2D eigenvalue weighted by atomic mass is 10.1. The number of aryl methyl sites for hydroxylation is 1. The number of fused-ring (bicyclic) bond motifs is 1. The Hall–Kier alpha value is -1.70. The highest BCUT2D eigenvalue weighted by Gasteiger charge is 1.99. The van der Waals surface area contributed by atoms with Crippen LogP contribution in [0, 0.1) is 6.92 Å². The Morgan fingerprint density at radius 1 is 1.08 bits per heavy atom. The fourth-order valence-corrected chi connectivity index (χ4v) is 1.42. The molecule has 0 aliphatic rings. The molecule has 0 fully saturated rings. The number of phenolic OH excluding ortho intramolecular Hbond substituents is 1. The zero-order valence-corrected chi connectivity index (χ0v) is 7.41. The summed E-state index contributed by atoms with van der Waals surface area (Å²) >= 11 is 0. The van der Waals surface area contributed by atoms with E-state index in [1.54, 1.807) is 6.07 Å². The summed E-state index contributed by atoms with van der Waals surface area (Å²) in [5.41, 5.74) is 7.27. The minimum atomic E-state index is 0.331. The predicted molar refractivity (Wildman–Crippen MR) is 54.8 cm³/mol. The Labute approximate surface area is 76.6 Å². The molecule has 3 N–H and O–H groups in total. The van der Waals surface area contributed by atoms with E-state index in [-0.39, 0.29) is 0 Å². The lowest BCUT2D eigenvalue weighted by molar-refractivity contribution is 0.472. The molecule has 0 heterocycles. The number of aromatic hydroxyl groups is 1. The Bertz CT molecular complexity index is 463. The van der Waals surface area contributed by atoms with Crippen LogP contribution in [0.3, 0.4) is 0 Å². The highest BCUT2D eigenvalue weighted by atomic mass is 16.3. The maximum absolute atomic E-state index is 9.46. The van der Waals surface area contributed by atoms with Gasteiger partial charge >= 0.3 is 0 Å². The normalized spacial score (nSPS) is 10.5. The van der Waals surface area contributed by atoms with Crippen molar-refractivity contribution in [1.29, 1.82) is 0 Å². The molecular weight excluding hydrogens is 162 g/mol. The van der Waals surface area contributed by atoms with Gasteiger partial charge in [-0.25, -0.2) is 0 Å². The molecule has 2 heteroatoms. The van der Waals surface area contributed by atoms with Gasteiger partial charge in [-0.05, 0) is 47.5 Å². The van der Waals surface area contributed by atoms with Crippen LogP contribution >= 0.6 is 0 Å². The number of benzene rings is 2. The van der Waals surface area contributed by atoms with Gasteiger partial charge in [0, 0.05) is 5.69 Å². The monoisotopic (exact) mass is 173 g/mol. The lowest BCUT2D eigenvalue weighted by Gasteiger charge is -2.03. The fraction of sp³-hybridized carbons (Fsp3) is 0.0909. The molecule has 0 spiro atoms. The van der Waals surface area contributed by atoms with Crippen LogP contribution in [0.25, 0.3) is 10.8 Å². The maximum Gasteiger partial charge on any atom is 0.119 e. The van der Waals surface area contributed by atoms with E-state index in [9.17, 15) is 5.11 Å². The van der Waals surface area contributed by atoms with Crippen LogP contribution in [-0.2, 0) is 0 Å². The number of rotatable bonds is 0. The molecule has 0 aliphatic heterocycles. The molecule has 2 nitrogen and oxygen atoms in total. The molecule has 0 saturated carbocycles. The van der Waals surface area contributed by atoms with E-state index in [4.69, 9.17) is 5.73 Å². The van der Waals surface area contributed by atoms with Crippen molar-refractivity contribution < 1.29 is 5.11 Å². The summed E-state index contributed by atoms with van der Waals surface area (Å²) < 4.78 is 0. The molecule has 0 unspecified atom stereocenters. The molecule has 0 bridgehead atoms. The summed E-state index contributed by atoms with van der Waals surface area (Å²) in [4.78, 5) is 0. The summed E-state index contributed by atoms with van der Waals surface area (Å²) in [5, 5.41) is 11.5. The molecule has 66 valence electrons. The molecule has 13 heavy (non-hydrogen) atoms. The molecule has 0 amide bonds. The third-order valence-electron chi connectivity index (χ3n) is 2.18. The van der Waals surface area contributed by atoms with Crippen molar-refractivity contribution in [3.05, 3.63) is 35.9 Å². The molecule has 2 aromatic rings. The average molecular weight is 173 g/mol. The van der Waals surface area contributed by atoms with Crippen LogP contribution in [0.4, 0.5) is 5.69 Å². The Kier molecular flexibility index (Phi) is 1.62. The van der Waals surface area contributed by atoms with Gasteiger partial charge in [-0.1, -0.05) is 6.07 Å². The van der Waals surface area contributed by atoms with Crippen LogP contribution in [0.15, 0.2) is 30.3 Å². The minimum absolute atomic E-state index is 0.331. The number of hydrogen-bond acceptors (Lipinski definition) is 2. The Morgan fingerprint density at radius 3 is 2.62 bits per heavy atom. The van der Waals surface area contributed by atoms with Crippen molar-refractivity contribution in [3.63, 3.8) is 0 Å². The molecule has 0 saturated heterocycles. The van der Waals surface area contributed by atoms with Gasteiger partial charge < -0.3 is 10.8 Å². The number of anilines is 1. The smallest absolute Gasteiger partial charge is 0.119 e. The third kappa shape index (κ3) is 1.31. The van der Waals surface area contributed by atoms with Gasteiger partial charge in [0.05, 0.1) is 0 Å². The van der Waals surface area contributed by atoms with Crippen molar-refractivity contribution in [2.75, 3.05) is 5.73 Å². The molecule has 2 aromatic carbocycles. The van der Waals surface area contributed by atoms with Crippen LogP contribution in [-0.4, -0.2) is 5.11 Å². The summed E-state index contributed by atoms with van der Waals surface area (Å²) in [5.74, 6) is 0.331. The zero-order chi connectivity index (χ0) is 9.42. The van der Waals surface area contributed by atoms with Gasteiger partial charge in [0.15, 0.2) is 0 Å². The largest absolute Gasteiger partial charge is 0.508 e. The third-order valence-corrected chi connectivity index (χ3v) is 2.18. The average Bonchev–Trinajstić information content (AvgIpc) is 2.08. The van der Waals surface area contributed by atoms with Gasteiger partial charge in [0.25, 0.3) is 0 Å². The number of phenols is 1. The first kappa shape index (κ1) is 7.92. The van der Waals surface area contributed by atoms with E-state index in [0.29, 0.717) is 5.75 Å². The van der Waals surface area contributed by atoms with Crippen LogP contribution in [0.5, 0.6) is 5.75 Å². The summed E-state index contributed by atoms with van der Waals surface area (Å²) in [6.45, 7) is 1.87. The number of nitrogen functional groups attached to an aromatic ring is 1. The van der Waals surface area contributed by atoms with E-state index in [0.717, 1.165) is 22.0 Å². The quantitative estimate of drug-likeness (QED) is 0.601. The van der Waals surface area contributed by atoms with Gasteiger partial charge in [-0.3, -0.25) is 0 Å². The van der Waals surface area contributed by atoms with E-state index in [2.05, 4.69) is 0 Å². The van der Waals surface area contributed by atoms with Gasteiger partial charge in [-0.2, -0.15) is 0 Å². The molecule has 0 atom stereocenters. The first-order chi connectivity index (χ1) is 6.16. The highest BCUT2D eigenvalue weighted by molar-refractivity contribution is 5.87. The Balaban J connectivity index is 2.81. The van der Waals surface area contributed by atoms with E-state index in [1.807, 2.05) is 31.2 Å². The van der Waals surface area contributed by atoms with Crippen LogP contribution in [0.2, 0.25) is 0 Å². The maximum atomic E-state index is 9.46. The molecule has 0 aromatic heterocycles. The second-order valence-corrected chi connectivity index (χ2v) is 3.25. The van der Waals surface area contributed by atoms with Gasteiger partial charge in [0.2, 0.25) is 0 Å². The SMILES string of the molecule is Cc1cc2cc(N)ccc2cc1O. The van der Waals surface area contributed by atoms with Crippen molar-refractivity contribution >= 4 is 16.5 Å². The van der Waals surface area contributed by atoms with Crippen molar-refractivity contribution in [1.82, 2.24) is 0 Å². The molecule has 2 rings (SSSR count). The Morgan fingerprint density at radius 2 is 1.85 bits per heavy atom. The van der Waals surface area contributed by atoms with E-state index in [1.165, 1.54) is 0 Å². The predicted octanol–water partition coefficient (Wildman–Crippen LogP) is 2.44. The number of nitrogens with two attached hydrogens (primary N) is 1. The minimum Gasteiger partial charge on any atom is -0.508 e. The standard InChI is InChI=1S/C11H11NO/c1-7-4-9-5-10(12)3-2-8(9)6-11(7)13/h2-6,13H,12H2,1H3. The molecular formula is C11H11NO. The zero-order valence-electron chi connectivity index (χ0n) is 7.41. The van der Waals surface area contributed by atoms with Gasteiger partial charge in [0.1, 0.15) is 5.75 Å². The summed E-state index contributed by atoms with van der Waals surface area (Å²) in [6, 6.07) is 9.33. The second-order valence-electron chi connectivity index (χ2n) is 3.25. The highest BCUT2D eigenvalue weighted by Crippen LogP contribution is 2.25. The van der Waals surface area contributed by atoms with E-state index >= 15 is 0 Å². The second kappa shape index (κ2) is 2.66.